The van der Waals surface area contributed by atoms with Crippen LogP contribution in [0.1, 0.15) is 12.0 Å². The molecule has 0 saturated heterocycles. The van der Waals surface area contributed by atoms with Gasteiger partial charge in [-0.25, -0.2) is 0 Å². The molecule has 19 heavy (non-hydrogen) atoms. The first-order chi connectivity index (χ1) is 9.40. The van der Waals surface area contributed by atoms with Gasteiger partial charge < -0.3 is 4.42 Å². The lowest BCUT2D eigenvalue weighted by atomic mass is 10.0. The first-order valence-corrected chi connectivity index (χ1v) is 6.54. The molecule has 0 radical (unpaired) electrons. The zero-order valence-corrected chi connectivity index (χ0v) is 10.5. The van der Waals surface area contributed by atoms with Gasteiger partial charge in [0.2, 0.25) is 0 Å². The van der Waals surface area contributed by atoms with E-state index >= 15 is 0 Å². The molecule has 2 heteroatoms. The summed E-state index contributed by atoms with van der Waals surface area (Å²) in [6, 6.07) is 16.6. The molecule has 0 unspecified atom stereocenters. The molecule has 1 aliphatic rings. The lowest BCUT2D eigenvalue weighted by Crippen LogP contribution is -1.93. The Morgan fingerprint density at radius 2 is 1.95 bits per heavy atom. The summed E-state index contributed by atoms with van der Waals surface area (Å²) in [5, 5.41) is 1.15. The zero-order valence-electron chi connectivity index (χ0n) is 10.5. The van der Waals surface area contributed by atoms with Crippen LogP contribution in [0.5, 0.6) is 0 Å². The Kier molecular flexibility index (Phi) is 2.27. The minimum absolute atomic E-state index is 0.929. The molecule has 0 aliphatic carbocycles. The van der Waals surface area contributed by atoms with Crippen molar-refractivity contribution in [1.29, 1.82) is 0 Å². The predicted octanol–water partition coefficient (Wildman–Crippen LogP) is 4.75. The van der Waals surface area contributed by atoms with Gasteiger partial charge in [0.15, 0.2) is 0 Å². The predicted molar refractivity (Wildman–Crippen MR) is 78.1 cm³/mol. The van der Waals surface area contributed by atoms with Crippen LogP contribution < -0.4 is 0 Å². The third-order valence-corrected chi connectivity index (χ3v) is 3.56. The van der Waals surface area contributed by atoms with E-state index in [2.05, 4.69) is 35.3 Å². The monoisotopic (exact) mass is 247 g/mol. The van der Waals surface area contributed by atoms with Crippen molar-refractivity contribution in [2.45, 2.75) is 12.8 Å². The van der Waals surface area contributed by atoms with Crippen LogP contribution in [0.4, 0.5) is 5.69 Å². The molecule has 3 aromatic rings. The van der Waals surface area contributed by atoms with Crippen LogP contribution in [0.15, 0.2) is 57.9 Å². The third-order valence-electron chi connectivity index (χ3n) is 3.56. The summed E-state index contributed by atoms with van der Waals surface area (Å²) in [5.41, 5.74) is 4.46. The second kappa shape index (κ2) is 4.09. The van der Waals surface area contributed by atoms with Crippen molar-refractivity contribution in [1.82, 2.24) is 0 Å². The molecule has 0 N–H and O–H groups in total. The maximum atomic E-state index is 5.91. The van der Waals surface area contributed by atoms with Crippen molar-refractivity contribution in [2.24, 2.45) is 4.99 Å². The molecule has 2 heterocycles. The van der Waals surface area contributed by atoms with Crippen molar-refractivity contribution < 1.29 is 4.42 Å². The van der Waals surface area contributed by atoms with Gasteiger partial charge >= 0.3 is 0 Å². The fourth-order valence-corrected chi connectivity index (χ4v) is 2.57. The fourth-order valence-electron chi connectivity index (χ4n) is 2.57. The molecule has 0 atom stereocenters. The van der Waals surface area contributed by atoms with Crippen LogP contribution in [-0.2, 0) is 6.42 Å². The number of para-hydroxylation sites is 1. The van der Waals surface area contributed by atoms with Gasteiger partial charge in [0.25, 0.3) is 0 Å². The highest BCUT2D eigenvalue weighted by Gasteiger charge is 2.10. The van der Waals surface area contributed by atoms with Crippen molar-refractivity contribution in [2.75, 3.05) is 0 Å². The molecule has 4 rings (SSSR count). The van der Waals surface area contributed by atoms with Crippen LogP contribution in [-0.4, -0.2) is 6.21 Å². The summed E-state index contributed by atoms with van der Waals surface area (Å²) in [6.07, 6.45) is 4.08. The van der Waals surface area contributed by atoms with Crippen LogP contribution in [0.25, 0.3) is 22.3 Å². The minimum atomic E-state index is 0.929. The van der Waals surface area contributed by atoms with E-state index in [1.54, 1.807) is 0 Å². The lowest BCUT2D eigenvalue weighted by Gasteiger charge is -2.10. The van der Waals surface area contributed by atoms with E-state index in [4.69, 9.17) is 4.42 Å². The minimum Gasteiger partial charge on any atom is -0.456 e. The number of aliphatic imine (C=N–C) groups is 1. The molecule has 0 amide bonds. The van der Waals surface area contributed by atoms with E-state index in [0.29, 0.717) is 0 Å². The van der Waals surface area contributed by atoms with Gasteiger partial charge in [0.05, 0.1) is 5.69 Å². The number of hydrogen-bond acceptors (Lipinski definition) is 2. The number of hydrogen-bond donors (Lipinski definition) is 0. The Morgan fingerprint density at radius 3 is 2.89 bits per heavy atom. The lowest BCUT2D eigenvalue weighted by molar-refractivity contribution is 0.631. The molecule has 0 spiro atoms. The van der Waals surface area contributed by atoms with Gasteiger partial charge in [-0.15, -0.1) is 0 Å². The first-order valence-electron chi connectivity index (χ1n) is 6.54. The SMILES string of the molecule is C1=Nc2ccc(-c3cc4ccccc4o3)cc2CC1. The second-order valence-corrected chi connectivity index (χ2v) is 4.84. The maximum absolute atomic E-state index is 5.91. The van der Waals surface area contributed by atoms with Gasteiger partial charge in [-0.3, -0.25) is 4.99 Å². The number of aryl methyl sites for hydroxylation is 1. The Balaban J connectivity index is 1.85. The van der Waals surface area contributed by atoms with E-state index in [1.165, 1.54) is 5.56 Å². The van der Waals surface area contributed by atoms with Crippen LogP contribution in [0.3, 0.4) is 0 Å². The largest absolute Gasteiger partial charge is 0.456 e. The summed E-state index contributed by atoms with van der Waals surface area (Å²) in [7, 11) is 0. The maximum Gasteiger partial charge on any atom is 0.135 e. The molecule has 2 nitrogen and oxygen atoms in total. The van der Waals surface area contributed by atoms with E-state index in [-0.39, 0.29) is 0 Å². The fraction of sp³-hybridized carbons (Fsp3) is 0.118. The molecule has 0 bridgehead atoms. The average molecular weight is 247 g/mol. The van der Waals surface area contributed by atoms with Gasteiger partial charge in [0, 0.05) is 17.2 Å². The molecule has 0 saturated carbocycles. The highest BCUT2D eigenvalue weighted by molar-refractivity contribution is 5.83. The van der Waals surface area contributed by atoms with Gasteiger partial charge in [-0.05, 0) is 48.7 Å². The number of fused-ring (bicyclic) bond motifs is 2. The van der Waals surface area contributed by atoms with E-state index in [0.717, 1.165) is 40.8 Å². The molecule has 1 aromatic heterocycles. The van der Waals surface area contributed by atoms with Gasteiger partial charge in [0.1, 0.15) is 11.3 Å². The average Bonchev–Trinajstić information content (AvgIpc) is 2.90. The summed E-state index contributed by atoms with van der Waals surface area (Å²) < 4.78 is 5.91. The molecule has 1 aliphatic heterocycles. The molecular weight excluding hydrogens is 234 g/mol. The van der Waals surface area contributed by atoms with E-state index in [9.17, 15) is 0 Å². The van der Waals surface area contributed by atoms with Crippen molar-refractivity contribution >= 4 is 22.9 Å². The summed E-state index contributed by atoms with van der Waals surface area (Å²) >= 11 is 0. The zero-order chi connectivity index (χ0) is 12.7. The topological polar surface area (TPSA) is 25.5 Å². The Bertz CT molecular complexity index is 750. The summed E-state index contributed by atoms with van der Waals surface area (Å²) in [5.74, 6) is 0.929. The quantitative estimate of drug-likeness (QED) is 0.609. The Morgan fingerprint density at radius 1 is 1.00 bits per heavy atom. The number of furan rings is 1. The van der Waals surface area contributed by atoms with Crippen molar-refractivity contribution in [3.8, 4) is 11.3 Å². The smallest absolute Gasteiger partial charge is 0.135 e. The van der Waals surface area contributed by atoms with Crippen LogP contribution >= 0.6 is 0 Å². The van der Waals surface area contributed by atoms with Crippen LogP contribution in [0, 0.1) is 0 Å². The van der Waals surface area contributed by atoms with E-state index < -0.39 is 0 Å². The highest BCUT2D eigenvalue weighted by atomic mass is 16.3. The highest BCUT2D eigenvalue weighted by Crippen LogP contribution is 2.32. The standard InChI is InChI=1S/C17H13NO/c1-2-6-16-13(4-1)11-17(19-16)14-7-8-15-12(10-14)5-3-9-18-15/h1-2,4,6-11H,3,5H2. The van der Waals surface area contributed by atoms with Crippen molar-refractivity contribution in [3.05, 3.63) is 54.1 Å². The number of benzene rings is 2. The Labute approximate surface area is 111 Å². The second-order valence-electron chi connectivity index (χ2n) is 4.84. The molecular formula is C17H13NO. The third kappa shape index (κ3) is 1.76. The summed E-state index contributed by atoms with van der Waals surface area (Å²) in [6.45, 7) is 0. The van der Waals surface area contributed by atoms with Crippen LogP contribution in [0.2, 0.25) is 0 Å². The number of nitrogens with zero attached hydrogens (tertiary/aromatic N) is 1. The van der Waals surface area contributed by atoms with Gasteiger partial charge in [-0.1, -0.05) is 18.2 Å². The normalized spacial score (nSPS) is 13.7. The summed E-state index contributed by atoms with van der Waals surface area (Å²) in [4.78, 5) is 4.41. The first kappa shape index (κ1) is 10.6. The molecule has 0 fully saturated rings. The molecule has 92 valence electrons. The van der Waals surface area contributed by atoms with Crippen molar-refractivity contribution in [3.63, 3.8) is 0 Å². The molecule has 2 aromatic carbocycles. The Hall–Kier alpha value is -2.35. The number of rotatable bonds is 1. The van der Waals surface area contributed by atoms with Gasteiger partial charge in [-0.2, -0.15) is 0 Å². The van der Waals surface area contributed by atoms with E-state index in [1.807, 2.05) is 24.4 Å².